The highest BCUT2D eigenvalue weighted by molar-refractivity contribution is 6.04. The van der Waals surface area contributed by atoms with Crippen LogP contribution in [0.2, 0.25) is 0 Å². The van der Waals surface area contributed by atoms with Gasteiger partial charge in [-0.15, -0.1) is 0 Å². The Balaban J connectivity index is 1.58. The third kappa shape index (κ3) is 5.80. The minimum atomic E-state index is -4.42. The van der Waals surface area contributed by atoms with E-state index in [1.165, 1.54) is 6.07 Å². The summed E-state index contributed by atoms with van der Waals surface area (Å²) >= 11 is 0. The molecule has 0 saturated heterocycles. The van der Waals surface area contributed by atoms with Gasteiger partial charge in [0.15, 0.2) is 0 Å². The third-order valence-electron chi connectivity index (χ3n) is 4.64. The van der Waals surface area contributed by atoms with Crippen LogP contribution in [0.3, 0.4) is 0 Å². The number of carbonyl (C=O) groups is 2. The van der Waals surface area contributed by atoms with Gasteiger partial charge in [0.1, 0.15) is 0 Å². The molecule has 2 aromatic carbocycles. The molecule has 0 spiro atoms. The standard InChI is InChI=1S/C21H22F3N3O2/c1-13(14-5-4-6-15(11-14)21(22,23)24)25-12-19(28)27-18-8-3-2-7-17(18)20(29)26-16-9-10-16/h2-8,11,13,16,25H,9-10,12H2,1H3,(H,26,29)(H,27,28)/t13-/m1/s1. The summed E-state index contributed by atoms with van der Waals surface area (Å²) in [5, 5.41) is 8.47. The van der Waals surface area contributed by atoms with Crippen molar-refractivity contribution in [1.82, 2.24) is 10.6 Å². The van der Waals surface area contributed by atoms with E-state index in [9.17, 15) is 22.8 Å². The van der Waals surface area contributed by atoms with E-state index in [0.717, 1.165) is 25.0 Å². The Morgan fingerprint density at radius 3 is 2.52 bits per heavy atom. The van der Waals surface area contributed by atoms with Crippen molar-refractivity contribution in [3.63, 3.8) is 0 Å². The smallest absolute Gasteiger partial charge is 0.349 e. The molecule has 29 heavy (non-hydrogen) atoms. The van der Waals surface area contributed by atoms with Crippen LogP contribution in [-0.4, -0.2) is 24.4 Å². The lowest BCUT2D eigenvalue weighted by Crippen LogP contribution is -2.31. The predicted octanol–water partition coefficient (Wildman–Crippen LogP) is 3.89. The predicted molar refractivity (Wildman–Crippen MR) is 103 cm³/mol. The molecule has 1 fully saturated rings. The molecule has 5 nitrogen and oxygen atoms in total. The molecule has 1 atom stereocenters. The van der Waals surface area contributed by atoms with Crippen LogP contribution in [-0.2, 0) is 11.0 Å². The van der Waals surface area contributed by atoms with Crippen LogP contribution in [0.4, 0.5) is 18.9 Å². The van der Waals surface area contributed by atoms with E-state index in [4.69, 9.17) is 0 Å². The van der Waals surface area contributed by atoms with Crippen molar-refractivity contribution in [3.8, 4) is 0 Å². The van der Waals surface area contributed by atoms with Gasteiger partial charge in [-0.25, -0.2) is 0 Å². The van der Waals surface area contributed by atoms with E-state index in [0.29, 0.717) is 16.8 Å². The van der Waals surface area contributed by atoms with Gasteiger partial charge in [-0.1, -0.05) is 24.3 Å². The fraction of sp³-hybridized carbons (Fsp3) is 0.333. The SMILES string of the molecule is C[C@@H](NCC(=O)Nc1ccccc1C(=O)NC1CC1)c1cccc(C(F)(F)F)c1. The summed E-state index contributed by atoms with van der Waals surface area (Å²) in [6.45, 7) is 1.57. The van der Waals surface area contributed by atoms with E-state index < -0.39 is 23.7 Å². The molecule has 1 aliphatic carbocycles. The number of halogens is 3. The van der Waals surface area contributed by atoms with Crippen molar-refractivity contribution >= 4 is 17.5 Å². The molecule has 154 valence electrons. The molecular weight excluding hydrogens is 383 g/mol. The van der Waals surface area contributed by atoms with Gasteiger partial charge in [0.2, 0.25) is 5.91 Å². The molecule has 0 aromatic heterocycles. The fourth-order valence-corrected chi connectivity index (χ4v) is 2.82. The molecule has 2 aromatic rings. The number of hydrogen-bond acceptors (Lipinski definition) is 3. The van der Waals surface area contributed by atoms with Crippen LogP contribution >= 0.6 is 0 Å². The average molecular weight is 405 g/mol. The maximum atomic E-state index is 12.9. The quantitative estimate of drug-likeness (QED) is 0.655. The van der Waals surface area contributed by atoms with Crippen molar-refractivity contribution in [2.75, 3.05) is 11.9 Å². The molecule has 3 N–H and O–H groups in total. The third-order valence-corrected chi connectivity index (χ3v) is 4.64. The van der Waals surface area contributed by atoms with E-state index >= 15 is 0 Å². The molecule has 2 amide bonds. The Hall–Kier alpha value is -2.87. The summed E-state index contributed by atoms with van der Waals surface area (Å²) < 4.78 is 38.6. The van der Waals surface area contributed by atoms with Crippen LogP contribution in [0.25, 0.3) is 0 Å². The van der Waals surface area contributed by atoms with E-state index in [2.05, 4.69) is 16.0 Å². The van der Waals surface area contributed by atoms with Gasteiger partial charge in [-0.05, 0) is 49.6 Å². The van der Waals surface area contributed by atoms with Crippen molar-refractivity contribution < 1.29 is 22.8 Å². The summed E-state index contributed by atoms with van der Waals surface area (Å²) in [6, 6.07) is 11.4. The maximum Gasteiger partial charge on any atom is 0.416 e. The number of hydrogen-bond donors (Lipinski definition) is 3. The second-order valence-corrected chi connectivity index (χ2v) is 7.07. The molecule has 1 aliphatic rings. The topological polar surface area (TPSA) is 70.2 Å². The minimum absolute atomic E-state index is 0.115. The minimum Gasteiger partial charge on any atom is -0.349 e. The first-order valence-corrected chi connectivity index (χ1v) is 9.34. The van der Waals surface area contributed by atoms with Crippen molar-refractivity contribution in [2.45, 2.75) is 38.0 Å². The van der Waals surface area contributed by atoms with Crippen molar-refractivity contribution in [2.24, 2.45) is 0 Å². The first-order chi connectivity index (χ1) is 13.7. The summed E-state index contributed by atoms with van der Waals surface area (Å²) in [6.07, 6.45) is -2.51. The summed E-state index contributed by atoms with van der Waals surface area (Å²) in [4.78, 5) is 24.6. The first kappa shape index (κ1) is 20.9. The number of para-hydroxylation sites is 1. The Bertz CT molecular complexity index is 895. The number of alkyl halides is 3. The Kier molecular flexibility index (Phi) is 6.22. The molecule has 0 aliphatic heterocycles. The lowest BCUT2D eigenvalue weighted by molar-refractivity contribution is -0.137. The van der Waals surface area contributed by atoms with Crippen LogP contribution < -0.4 is 16.0 Å². The number of nitrogens with one attached hydrogen (secondary N) is 3. The van der Waals surface area contributed by atoms with Crippen LogP contribution in [0.1, 0.15) is 47.3 Å². The van der Waals surface area contributed by atoms with Crippen LogP contribution in [0.5, 0.6) is 0 Å². The highest BCUT2D eigenvalue weighted by Gasteiger charge is 2.30. The van der Waals surface area contributed by atoms with Gasteiger partial charge in [0.05, 0.1) is 23.4 Å². The zero-order chi connectivity index (χ0) is 21.0. The highest BCUT2D eigenvalue weighted by Crippen LogP contribution is 2.30. The number of amides is 2. The molecule has 0 heterocycles. The van der Waals surface area contributed by atoms with Crippen LogP contribution in [0, 0.1) is 0 Å². The van der Waals surface area contributed by atoms with Crippen molar-refractivity contribution in [1.29, 1.82) is 0 Å². The lowest BCUT2D eigenvalue weighted by Gasteiger charge is -2.17. The molecule has 8 heteroatoms. The number of benzene rings is 2. The highest BCUT2D eigenvalue weighted by atomic mass is 19.4. The van der Waals surface area contributed by atoms with Gasteiger partial charge in [-0.3, -0.25) is 9.59 Å². The number of anilines is 1. The summed E-state index contributed by atoms with van der Waals surface area (Å²) in [5.74, 6) is -0.635. The van der Waals surface area contributed by atoms with E-state index in [1.54, 1.807) is 37.3 Å². The fourth-order valence-electron chi connectivity index (χ4n) is 2.82. The first-order valence-electron chi connectivity index (χ1n) is 9.34. The largest absolute Gasteiger partial charge is 0.416 e. The molecule has 1 saturated carbocycles. The van der Waals surface area contributed by atoms with E-state index in [-0.39, 0.29) is 18.5 Å². The molecule has 0 unspecified atom stereocenters. The molecular formula is C21H22F3N3O2. The summed E-state index contributed by atoms with van der Waals surface area (Å²) in [7, 11) is 0. The second kappa shape index (κ2) is 8.65. The van der Waals surface area contributed by atoms with Gasteiger partial charge in [-0.2, -0.15) is 13.2 Å². The number of rotatable bonds is 7. The molecule has 0 radical (unpaired) electrons. The maximum absolute atomic E-state index is 12.9. The average Bonchev–Trinajstić information content (AvgIpc) is 3.50. The normalized spacial score (nSPS) is 14.9. The van der Waals surface area contributed by atoms with Gasteiger partial charge in [0.25, 0.3) is 5.91 Å². The van der Waals surface area contributed by atoms with Gasteiger partial charge < -0.3 is 16.0 Å². The second-order valence-electron chi connectivity index (χ2n) is 7.07. The zero-order valence-electron chi connectivity index (χ0n) is 15.8. The Morgan fingerprint density at radius 2 is 1.83 bits per heavy atom. The lowest BCUT2D eigenvalue weighted by atomic mass is 10.0. The summed E-state index contributed by atoms with van der Waals surface area (Å²) in [5.41, 5.74) is 0.461. The van der Waals surface area contributed by atoms with E-state index in [1.807, 2.05) is 0 Å². The number of carbonyl (C=O) groups excluding carboxylic acids is 2. The Labute approximate surface area is 166 Å². The Morgan fingerprint density at radius 1 is 1.10 bits per heavy atom. The molecule has 3 rings (SSSR count). The van der Waals surface area contributed by atoms with Gasteiger partial charge in [0, 0.05) is 12.1 Å². The van der Waals surface area contributed by atoms with Crippen LogP contribution in [0.15, 0.2) is 48.5 Å². The monoisotopic (exact) mass is 405 g/mol. The van der Waals surface area contributed by atoms with Crippen molar-refractivity contribution in [3.05, 3.63) is 65.2 Å². The van der Waals surface area contributed by atoms with Gasteiger partial charge >= 0.3 is 6.18 Å². The molecule has 0 bridgehead atoms. The zero-order valence-corrected chi connectivity index (χ0v) is 15.8.